The second kappa shape index (κ2) is 5.86. The average Bonchev–Trinajstić information content (AvgIpc) is 2.08. The molecule has 1 saturated heterocycles. The van der Waals surface area contributed by atoms with Crippen LogP contribution in [0.15, 0.2) is 0 Å². The van der Waals surface area contributed by atoms with E-state index < -0.39 is 8.60 Å². The number of rotatable bonds is 4. The summed E-state index contributed by atoms with van der Waals surface area (Å²) in [7, 11) is -2.21. The van der Waals surface area contributed by atoms with Gasteiger partial charge in [-0.2, -0.15) is 0 Å². The first-order valence-corrected chi connectivity index (χ1v) is 5.56. The van der Waals surface area contributed by atoms with Crippen LogP contribution in [0.2, 0.25) is 0 Å². The minimum absolute atomic E-state index is 0.0314. The van der Waals surface area contributed by atoms with Crippen LogP contribution < -0.4 is 0 Å². The Labute approximate surface area is 78.9 Å². The maximum atomic E-state index is 8.68. The van der Waals surface area contributed by atoms with Gasteiger partial charge in [-0.15, -0.1) is 0 Å². The zero-order chi connectivity index (χ0) is 9.68. The summed E-state index contributed by atoms with van der Waals surface area (Å²) >= 11 is 0. The summed E-state index contributed by atoms with van der Waals surface area (Å²) in [6.45, 7) is 2.58. The lowest BCUT2D eigenvalue weighted by Crippen LogP contribution is -2.38. The highest BCUT2D eigenvalue weighted by atomic mass is 31.2. The van der Waals surface area contributed by atoms with Gasteiger partial charge in [0.15, 0.2) is 0 Å². The van der Waals surface area contributed by atoms with E-state index in [0.29, 0.717) is 6.54 Å². The van der Waals surface area contributed by atoms with E-state index >= 15 is 0 Å². The quantitative estimate of drug-likeness (QED) is 0.553. The number of hydrogen-bond donors (Lipinski definition) is 3. The number of aliphatic hydroxyl groups is 1. The van der Waals surface area contributed by atoms with E-state index in [9.17, 15) is 0 Å². The normalized spacial score (nSPS) is 21.2. The molecule has 13 heavy (non-hydrogen) atoms. The van der Waals surface area contributed by atoms with E-state index in [1.807, 2.05) is 0 Å². The SMILES string of the molecule is OCCN1CCC(OP(O)O)CC1. The third-order valence-electron chi connectivity index (χ3n) is 2.19. The number of aliphatic hydroxyl groups excluding tert-OH is 1. The molecular formula is C7H16NO4P. The molecule has 0 aliphatic carbocycles. The minimum Gasteiger partial charge on any atom is -0.395 e. The van der Waals surface area contributed by atoms with Crippen LogP contribution in [0, 0.1) is 0 Å². The zero-order valence-electron chi connectivity index (χ0n) is 7.46. The van der Waals surface area contributed by atoms with Crippen LogP contribution >= 0.6 is 8.60 Å². The van der Waals surface area contributed by atoms with Crippen molar-refractivity contribution in [2.24, 2.45) is 0 Å². The van der Waals surface area contributed by atoms with Gasteiger partial charge in [0.05, 0.1) is 12.7 Å². The summed E-state index contributed by atoms with van der Waals surface area (Å²) in [5, 5.41) is 8.68. The van der Waals surface area contributed by atoms with Gasteiger partial charge in [0.2, 0.25) is 0 Å². The maximum Gasteiger partial charge on any atom is 0.327 e. The molecule has 0 radical (unpaired) electrons. The second-order valence-corrected chi connectivity index (χ2v) is 3.84. The molecule has 0 aromatic rings. The molecule has 0 aromatic carbocycles. The number of likely N-dealkylation sites (tertiary alicyclic amines) is 1. The standard InChI is InChI=1S/C7H16NO4P/c9-6-5-8-3-1-7(2-4-8)12-13(10)11/h7,9-11H,1-6H2. The Morgan fingerprint density at radius 2 is 1.92 bits per heavy atom. The van der Waals surface area contributed by atoms with E-state index in [0.717, 1.165) is 25.9 Å². The number of β-amino-alcohol motifs (C(OH)–C–C–N with tert-alkyl or cyclic N) is 1. The molecule has 0 bridgehead atoms. The van der Waals surface area contributed by atoms with Gasteiger partial charge in [-0.1, -0.05) is 0 Å². The fourth-order valence-electron chi connectivity index (χ4n) is 1.51. The van der Waals surface area contributed by atoms with Crippen molar-refractivity contribution in [1.29, 1.82) is 0 Å². The minimum atomic E-state index is -2.21. The van der Waals surface area contributed by atoms with Crippen molar-refractivity contribution < 1.29 is 19.4 Å². The summed E-state index contributed by atoms with van der Waals surface area (Å²) < 4.78 is 4.90. The van der Waals surface area contributed by atoms with E-state index in [1.165, 1.54) is 0 Å². The first-order chi connectivity index (χ1) is 6.22. The molecule has 0 unspecified atom stereocenters. The average molecular weight is 209 g/mol. The molecule has 0 spiro atoms. The summed E-state index contributed by atoms with van der Waals surface area (Å²) in [6, 6.07) is 0. The van der Waals surface area contributed by atoms with Gasteiger partial charge in [-0.05, 0) is 12.8 Å². The van der Waals surface area contributed by atoms with Crippen molar-refractivity contribution in [2.75, 3.05) is 26.2 Å². The molecule has 0 aromatic heterocycles. The van der Waals surface area contributed by atoms with Crippen LogP contribution in [0.5, 0.6) is 0 Å². The zero-order valence-corrected chi connectivity index (χ0v) is 8.36. The van der Waals surface area contributed by atoms with Gasteiger partial charge in [0, 0.05) is 19.6 Å². The highest BCUT2D eigenvalue weighted by Gasteiger charge is 2.21. The lowest BCUT2D eigenvalue weighted by molar-refractivity contribution is 0.0795. The van der Waals surface area contributed by atoms with Gasteiger partial charge in [0.25, 0.3) is 0 Å². The largest absolute Gasteiger partial charge is 0.395 e. The monoisotopic (exact) mass is 209 g/mol. The summed E-state index contributed by atoms with van der Waals surface area (Å²) in [5.74, 6) is 0. The van der Waals surface area contributed by atoms with E-state index in [4.69, 9.17) is 19.4 Å². The number of nitrogens with zero attached hydrogens (tertiary/aromatic N) is 1. The third kappa shape index (κ3) is 4.31. The van der Waals surface area contributed by atoms with Crippen molar-refractivity contribution in [3.63, 3.8) is 0 Å². The van der Waals surface area contributed by atoms with E-state index in [1.54, 1.807) is 0 Å². The molecule has 6 heteroatoms. The predicted molar refractivity (Wildman–Crippen MR) is 49.0 cm³/mol. The molecule has 1 aliphatic heterocycles. The molecule has 0 saturated carbocycles. The lowest BCUT2D eigenvalue weighted by Gasteiger charge is -2.31. The fourth-order valence-corrected chi connectivity index (χ4v) is 1.99. The predicted octanol–water partition coefficient (Wildman–Crippen LogP) is -0.329. The van der Waals surface area contributed by atoms with Crippen LogP contribution in [0.1, 0.15) is 12.8 Å². The molecule has 1 rings (SSSR count). The molecule has 3 N–H and O–H groups in total. The van der Waals surface area contributed by atoms with Crippen LogP contribution in [0.4, 0.5) is 0 Å². The molecule has 0 amide bonds. The Hall–Kier alpha value is 0.230. The van der Waals surface area contributed by atoms with Gasteiger partial charge >= 0.3 is 8.60 Å². The first-order valence-electron chi connectivity index (χ1n) is 4.40. The Morgan fingerprint density at radius 3 is 2.38 bits per heavy atom. The van der Waals surface area contributed by atoms with Crippen LogP contribution in [0.25, 0.3) is 0 Å². The van der Waals surface area contributed by atoms with Crippen LogP contribution in [-0.2, 0) is 4.52 Å². The van der Waals surface area contributed by atoms with Crippen molar-refractivity contribution >= 4 is 8.60 Å². The highest BCUT2D eigenvalue weighted by Crippen LogP contribution is 2.30. The molecule has 1 aliphatic rings. The summed E-state index contributed by atoms with van der Waals surface area (Å²) in [5.41, 5.74) is 0. The van der Waals surface area contributed by atoms with Crippen molar-refractivity contribution in [3.05, 3.63) is 0 Å². The lowest BCUT2D eigenvalue weighted by atomic mass is 10.1. The Morgan fingerprint density at radius 1 is 1.31 bits per heavy atom. The Bertz CT molecular complexity index is 138. The Kier molecular flexibility index (Phi) is 5.09. The van der Waals surface area contributed by atoms with Gasteiger partial charge in [0.1, 0.15) is 0 Å². The van der Waals surface area contributed by atoms with Crippen LogP contribution in [-0.4, -0.2) is 52.1 Å². The number of piperidine rings is 1. The third-order valence-corrected chi connectivity index (χ3v) is 2.68. The maximum absolute atomic E-state index is 8.68. The van der Waals surface area contributed by atoms with Gasteiger partial charge in [-0.3, -0.25) is 0 Å². The van der Waals surface area contributed by atoms with Crippen molar-refractivity contribution in [1.82, 2.24) is 4.90 Å². The molecule has 1 heterocycles. The summed E-state index contributed by atoms with van der Waals surface area (Å²) in [4.78, 5) is 19.4. The number of hydrogen-bond acceptors (Lipinski definition) is 5. The van der Waals surface area contributed by atoms with E-state index in [2.05, 4.69) is 4.90 Å². The molecule has 78 valence electrons. The summed E-state index contributed by atoms with van der Waals surface area (Å²) in [6.07, 6.45) is 1.58. The highest BCUT2D eigenvalue weighted by molar-refractivity contribution is 7.39. The van der Waals surface area contributed by atoms with Gasteiger partial charge < -0.3 is 24.3 Å². The fraction of sp³-hybridized carbons (Fsp3) is 1.00. The molecule has 0 atom stereocenters. The van der Waals surface area contributed by atoms with E-state index in [-0.39, 0.29) is 12.7 Å². The smallest absolute Gasteiger partial charge is 0.327 e. The second-order valence-electron chi connectivity index (χ2n) is 3.12. The Balaban J connectivity index is 2.15. The molecule has 5 nitrogen and oxygen atoms in total. The molecule has 1 fully saturated rings. The van der Waals surface area contributed by atoms with Crippen molar-refractivity contribution in [2.45, 2.75) is 18.9 Å². The van der Waals surface area contributed by atoms with Crippen molar-refractivity contribution in [3.8, 4) is 0 Å². The van der Waals surface area contributed by atoms with Gasteiger partial charge in [-0.25, -0.2) is 0 Å². The first kappa shape index (κ1) is 11.3. The topological polar surface area (TPSA) is 73.2 Å². The van der Waals surface area contributed by atoms with Crippen LogP contribution in [0.3, 0.4) is 0 Å². The molecular weight excluding hydrogens is 193 g/mol.